The molecule has 1 unspecified atom stereocenters. The first kappa shape index (κ1) is 13.7. The zero-order valence-electron chi connectivity index (χ0n) is 10.5. The minimum atomic E-state index is -3.18. The largest absolute Gasteiger partial charge is 0.369 e. The third-order valence-electron chi connectivity index (χ3n) is 3.14. The Morgan fingerprint density at radius 2 is 2.11 bits per heavy atom. The number of benzene rings is 1. The van der Waals surface area contributed by atoms with Crippen LogP contribution in [-0.2, 0) is 9.84 Å². The quantitative estimate of drug-likeness (QED) is 0.799. The van der Waals surface area contributed by atoms with Crippen LogP contribution in [0.2, 0.25) is 0 Å². The highest BCUT2D eigenvalue weighted by molar-refractivity contribution is 7.91. The molecule has 0 aromatic heterocycles. The average molecular weight is 288 g/mol. The molecular formula is C13H18ClNO2S. The molecule has 18 heavy (non-hydrogen) atoms. The van der Waals surface area contributed by atoms with Gasteiger partial charge in [0.2, 0.25) is 0 Å². The van der Waals surface area contributed by atoms with Crippen LogP contribution in [0.5, 0.6) is 0 Å². The maximum absolute atomic E-state index is 12.2. The predicted octanol–water partition coefficient (Wildman–Crippen LogP) is 2.69. The van der Waals surface area contributed by atoms with Crippen molar-refractivity contribution in [1.82, 2.24) is 0 Å². The van der Waals surface area contributed by atoms with Gasteiger partial charge in [-0.05, 0) is 25.0 Å². The minimum absolute atomic E-state index is 0.118. The van der Waals surface area contributed by atoms with Gasteiger partial charge in [0.05, 0.1) is 21.7 Å². The Kier molecular flexibility index (Phi) is 4.17. The second kappa shape index (κ2) is 5.49. The van der Waals surface area contributed by atoms with Crippen LogP contribution in [0.3, 0.4) is 0 Å². The van der Waals surface area contributed by atoms with Gasteiger partial charge in [-0.1, -0.05) is 19.1 Å². The van der Waals surface area contributed by atoms with Crippen molar-refractivity contribution in [1.29, 1.82) is 0 Å². The Morgan fingerprint density at radius 3 is 2.72 bits per heavy atom. The summed E-state index contributed by atoms with van der Waals surface area (Å²) in [6, 6.07) is 7.22. The van der Waals surface area contributed by atoms with Crippen molar-refractivity contribution in [3.05, 3.63) is 24.3 Å². The summed E-state index contributed by atoms with van der Waals surface area (Å²) in [5.41, 5.74) is 0.800. The Bertz CT molecular complexity index is 515. The summed E-state index contributed by atoms with van der Waals surface area (Å²) in [6.45, 7) is 3.43. The lowest BCUT2D eigenvalue weighted by Gasteiger charge is -2.21. The Morgan fingerprint density at radius 1 is 1.39 bits per heavy atom. The molecule has 0 spiro atoms. The lowest BCUT2D eigenvalue weighted by atomic mass is 10.3. The van der Waals surface area contributed by atoms with Crippen LogP contribution in [0.1, 0.15) is 19.8 Å². The fraction of sp³-hybridized carbons (Fsp3) is 0.538. The van der Waals surface area contributed by atoms with E-state index in [1.165, 1.54) is 0 Å². The Hall–Kier alpha value is -0.740. The van der Waals surface area contributed by atoms with Crippen LogP contribution in [0.15, 0.2) is 29.2 Å². The Labute approximate surface area is 114 Å². The number of rotatable bonds is 4. The molecule has 100 valence electrons. The molecule has 0 N–H and O–H groups in total. The highest BCUT2D eigenvalue weighted by Crippen LogP contribution is 2.30. The molecule has 5 heteroatoms. The van der Waals surface area contributed by atoms with Gasteiger partial charge in [0.15, 0.2) is 9.84 Å². The third-order valence-corrected chi connectivity index (χ3v) is 5.46. The molecule has 1 atom stereocenters. The Balaban J connectivity index is 2.37. The van der Waals surface area contributed by atoms with Crippen molar-refractivity contribution in [2.75, 3.05) is 23.7 Å². The van der Waals surface area contributed by atoms with E-state index in [4.69, 9.17) is 11.6 Å². The summed E-state index contributed by atoms with van der Waals surface area (Å²) >= 11 is 6.09. The van der Waals surface area contributed by atoms with Crippen LogP contribution >= 0.6 is 11.6 Å². The first-order valence-corrected chi connectivity index (χ1v) is 8.34. The van der Waals surface area contributed by atoms with E-state index in [9.17, 15) is 8.42 Å². The number of nitrogens with zero attached hydrogens (tertiary/aromatic N) is 1. The lowest BCUT2D eigenvalue weighted by molar-refractivity contribution is 0.594. The van der Waals surface area contributed by atoms with E-state index in [1.807, 2.05) is 19.1 Å². The number of hydrogen-bond donors (Lipinski definition) is 0. The van der Waals surface area contributed by atoms with Gasteiger partial charge in [-0.15, -0.1) is 11.6 Å². The highest BCUT2D eigenvalue weighted by atomic mass is 35.5. The van der Waals surface area contributed by atoms with Crippen molar-refractivity contribution >= 4 is 27.1 Å². The van der Waals surface area contributed by atoms with Gasteiger partial charge in [0.25, 0.3) is 0 Å². The SMILES string of the molecule is CCCS(=O)(=O)c1ccccc1N1CCC(Cl)C1. The molecule has 1 aromatic carbocycles. The van der Waals surface area contributed by atoms with Crippen LogP contribution in [0.25, 0.3) is 0 Å². The molecule has 1 heterocycles. The number of para-hydroxylation sites is 1. The standard InChI is InChI=1S/C13H18ClNO2S/c1-2-9-18(16,17)13-6-4-3-5-12(13)15-8-7-11(14)10-15/h3-6,11H,2,7-10H2,1H3. The summed E-state index contributed by atoms with van der Waals surface area (Å²) in [5.74, 6) is 0.197. The summed E-state index contributed by atoms with van der Waals surface area (Å²) in [4.78, 5) is 2.51. The van der Waals surface area contributed by atoms with E-state index < -0.39 is 9.84 Å². The molecule has 0 aliphatic carbocycles. The van der Waals surface area contributed by atoms with Crippen LogP contribution in [0.4, 0.5) is 5.69 Å². The molecule has 1 fully saturated rings. The number of anilines is 1. The summed E-state index contributed by atoms with van der Waals surface area (Å²) in [7, 11) is -3.18. The lowest BCUT2D eigenvalue weighted by Crippen LogP contribution is -2.22. The van der Waals surface area contributed by atoms with Crippen LogP contribution in [0, 0.1) is 0 Å². The van der Waals surface area contributed by atoms with Gasteiger partial charge in [0, 0.05) is 13.1 Å². The van der Waals surface area contributed by atoms with E-state index in [0.29, 0.717) is 11.3 Å². The second-order valence-corrected chi connectivity index (χ2v) is 7.31. The summed E-state index contributed by atoms with van der Waals surface area (Å²) in [6.07, 6.45) is 1.54. The molecule has 1 aliphatic heterocycles. The molecule has 0 bridgehead atoms. The summed E-state index contributed by atoms with van der Waals surface area (Å²) < 4.78 is 24.5. The molecule has 0 saturated carbocycles. The van der Waals surface area contributed by atoms with Gasteiger partial charge < -0.3 is 4.90 Å². The molecule has 0 radical (unpaired) electrons. The van der Waals surface area contributed by atoms with E-state index in [2.05, 4.69) is 4.90 Å². The van der Waals surface area contributed by atoms with Gasteiger partial charge in [0.1, 0.15) is 0 Å². The van der Waals surface area contributed by atoms with E-state index >= 15 is 0 Å². The molecule has 2 rings (SSSR count). The molecule has 0 amide bonds. The van der Waals surface area contributed by atoms with Gasteiger partial charge in [-0.2, -0.15) is 0 Å². The van der Waals surface area contributed by atoms with E-state index in [0.717, 1.165) is 25.2 Å². The fourth-order valence-electron chi connectivity index (χ4n) is 2.30. The minimum Gasteiger partial charge on any atom is -0.369 e. The zero-order chi connectivity index (χ0) is 13.2. The van der Waals surface area contributed by atoms with Crippen molar-refractivity contribution in [3.8, 4) is 0 Å². The monoisotopic (exact) mass is 287 g/mol. The predicted molar refractivity (Wildman–Crippen MR) is 75.3 cm³/mol. The second-order valence-electron chi connectivity index (χ2n) is 4.62. The smallest absolute Gasteiger partial charge is 0.180 e. The molecule has 3 nitrogen and oxygen atoms in total. The first-order chi connectivity index (χ1) is 8.54. The molecule has 1 saturated heterocycles. The number of sulfone groups is 1. The fourth-order valence-corrected chi connectivity index (χ4v) is 4.12. The highest BCUT2D eigenvalue weighted by Gasteiger charge is 2.26. The number of hydrogen-bond acceptors (Lipinski definition) is 3. The molecule has 1 aliphatic rings. The number of halogens is 1. The van der Waals surface area contributed by atoms with Gasteiger partial charge in [-0.25, -0.2) is 8.42 Å². The molecular weight excluding hydrogens is 270 g/mol. The average Bonchev–Trinajstić information content (AvgIpc) is 2.76. The van der Waals surface area contributed by atoms with E-state index in [-0.39, 0.29) is 11.1 Å². The third kappa shape index (κ3) is 2.81. The molecule has 1 aromatic rings. The normalized spacial score (nSPS) is 20.3. The van der Waals surface area contributed by atoms with Crippen molar-refractivity contribution in [2.24, 2.45) is 0 Å². The van der Waals surface area contributed by atoms with Crippen molar-refractivity contribution in [2.45, 2.75) is 30.0 Å². The maximum atomic E-state index is 12.2. The van der Waals surface area contributed by atoms with Gasteiger partial charge >= 0.3 is 0 Å². The topological polar surface area (TPSA) is 37.4 Å². The maximum Gasteiger partial charge on any atom is 0.180 e. The van der Waals surface area contributed by atoms with E-state index in [1.54, 1.807) is 12.1 Å². The summed E-state index contributed by atoms with van der Waals surface area (Å²) in [5, 5.41) is 0.118. The van der Waals surface area contributed by atoms with Crippen LogP contribution in [-0.4, -0.2) is 32.6 Å². The van der Waals surface area contributed by atoms with Crippen molar-refractivity contribution < 1.29 is 8.42 Å². The van der Waals surface area contributed by atoms with Crippen molar-refractivity contribution in [3.63, 3.8) is 0 Å². The van der Waals surface area contributed by atoms with Crippen LogP contribution < -0.4 is 4.90 Å². The number of alkyl halides is 1. The van der Waals surface area contributed by atoms with Gasteiger partial charge in [-0.3, -0.25) is 0 Å². The zero-order valence-corrected chi connectivity index (χ0v) is 12.0. The first-order valence-electron chi connectivity index (χ1n) is 6.25.